The third-order valence-electron chi connectivity index (χ3n) is 3.55. The Morgan fingerprint density at radius 2 is 1.93 bits per heavy atom. The summed E-state index contributed by atoms with van der Waals surface area (Å²) in [5, 5.41) is 17.3. The maximum absolute atomic E-state index is 11.9. The van der Waals surface area contributed by atoms with Crippen molar-refractivity contribution >= 4 is 45.3 Å². The number of carbonyl (C=O) groups is 2. The summed E-state index contributed by atoms with van der Waals surface area (Å²) in [6.45, 7) is 3.81. The van der Waals surface area contributed by atoms with Gasteiger partial charge in [0.05, 0.1) is 15.6 Å². The fourth-order valence-corrected chi connectivity index (χ4v) is 2.65. The molecular weight excluding hydrogens is 416 g/mol. The van der Waals surface area contributed by atoms with E-state index in [-0.39, 0.29) is 5.69 Å². The van der Waals surface area contributed by atoms with Crippen LogP contribution in [-0.4, -0.2) is 23.0 Å². The van der Waals surface area contributed by atoms with Gasteiger partial charge in [-0.3, -0.25) is 19.7 Å². The summed E-state index contributed by atoms with van der Waals surface area (Å²) < 4.78 is 0.344. The highest BCUT2D eigenvalue weighted by Crippen LogP contribution is 2.24. The van der Waals surface area contributed by atoms with Crippen molar-refractivity contribution in [3.63, 3.8) is 0 Å². The lowest BCUT2D eigenvalue weighted by Crippen LogP contribution is -2.24. The third-order valence-corrected chi connectivity index (χ3v) is 4.22. The van der Waals surface area contributed by atoms with E-state index in [1.54, 1.807) is 12.1 Å². The Kier molecular flexibility index (Phi) is 6.78. The van der Waals surface area contributed by atoms with E-state index in [0.717, 1.165) is 11.1 Å². The number of nitrogens with zero attached hydrogens (tertiary/aromatic N) is 2. The average molecular weight is 433 g/mol. The van der Waals surface area contributed by atoms with E-state index in [4.69, 9.17) is 0 Å². The van der Waals surface area contributed by atoms with Crippen molar-refractivity contribution in [1.82, 2.24) is 5.43 Å². The zero-order valence-corrected chi connectivity index (χ0v) is 16.2. The van der Waals surface area contributed by atoms with Crippen LogP contribution in [0.4, 0.5) is 11.4 Å². The van der Waals surface area contributed by atoms with Gasteiger partial charge in [0.1, 0.15) is 6.42 Å². The number of hydrazone groups is 1. The first-order valence-electron chi connectivity index (χ1n) is 7.89. The molecule has 0 atom stereocenters. The fraction of sp³-hybridized carbons (Fsp3) is 0.167. The number of rotatable bonds is 6. The molecule has 140 valence electrons. The van der Waals surface area contributed by atoms with Gasteiger partial charge in [-0.1, -0.05) is 23.8 Å². The molecule has 0 aromatic heterocycles. The Morgan fingerprint density at radius 1 is 1.19 bits per heavy atom. The molecule has 0 unspecified atom stereocenters. The van der Waals surface area contributed by atoms with Crippen molar-refractivity contribution in [1.29, 1.82) is 0 Å². The number of anilines is 1. The zero-order valence-electron chi connectivity index (χ0n) is 14.7. The van der Waals surface area contributed by atoms with Gasteiger partial charge in [-0.25, -0.2) is 5.43 Å². The number of aryl methyl sites for hydroxylation is 2. The maximum Gasteiger partial charge on any atom is 0.284 e. The first kappa shape index (κ1) is 20.2. The van der Waals surface area contributed by atoms with Gasteiger partial charge in [0.2, 0.25) is 11.8 Å². The van der Waals surface area contributed by atoms with Gasteiger partial charge in [-0.2, -0.15) is 5.10 Å². The molecule has 0 heterocycles. The van der Waals surface area contributed by atoms with E-state index < -0.39 is 23.2 Å². The van der Waals surface area contributed by atoms with Gasteiger partial charge < -0.3 is 5.32 Å². The number of nitro benzene ring substituents is 1. The summed E-state index contributed by atoms with van der Waals surface area (Å²) >= 11 is 3.09. The maximum atomic E-state index is 11.9. The van der Waals surface area contributed by atoms with Crippen LogP contribution in [0.25, 0.3) is 0 Å². The number of amides is 2. The monoisotopic (exact) mass is 432 g/mol. The Hall–Kier alpha value is -3.07. The van der Waals surface area contributed by atoms with Crippen LogP contribution in [0.3, 0.4) is 0 Å². The van der Waals surface area contributed by atoms with E-state index >= 15 is 0 Å². The van der Waals surface area contributed by atoms with Crippen LogP contribution in [0.1, 0.15) is 23.1 Å². The molecule has 0 radical (unpaired) electrons. The van der Waals surface area contributed by atoms with Crippen LogP contribution < -0.4 is 10.7 Å². The quantitative estimate of drug-likeness (QED) is 0.314. The highest BCUT2D eigenvalue weighted by atomic mass is 79.9. The van der Waals surface area contributed by atoms with Gasteiger partial charge in [0.25, 0.3) is 5.69 Å². The molecular formula is C18H17BrN4O4. The predicted octanol–water partition coefficient (Wildman–Crippen LogP) is 3.45. The van der Waals surface area contributed by atoms with Crippen molar-refractivity contribution in [3.8, 4) is 0 Å². The van der Waals surface area contributed by atoms with Crippen molar-refractivity contribution in [2.75, 3.05) is 5.32 Å². The third kappa shape index (κ3) is 6.00. The van der Waals surface area contributed by atoms with E-state index in [1.165, 1.54) is 18.3 Å². The number of hydrogen-bond acceptors (Lipinski definition) is 5. The Balaban J connectivity index is 1.90. The highest BCUT2D eigenvalue weighted by molar-refractivity contribution is 9.10. The highest BCUT2D eigenvalue weighted by Gasteiger charge is 2.12. The summed E-state index contributed by atoms with van der Waals surface area (Å²) in [6.07, 6.45) is 0.866. The molecule has 8 nitrogen and oxygen atoms in total. The van der Waals surface area contributed by atoms with Gasteiger partial charge in [0.15, 0.2) is 0 Å². The normalized spacial score (nSPS) is 10.6. The zero-order chi connectivity index (χ0) is 20.0. The van der Waals surface area contributed by atoms with Crippen LogP contribution in [0.15, 0.2) is 46.0 Å². The summed E-state index contributed by atoms with van der Waals surface area (Å²) in [5.41, 5.74) is 5.16. The standard InChI is InChI=1S/C18H17BrN4O4/c1-11-3-6-15(12(2)7-11)21-17(24)9-18(25)22-20-10-13-4-5-14(19)16(8-13)23(26)27/h3-8,10H,9H2,1-2H3,(H,21,24)(H,22,25). The lowest BCUT2D eigenvalue weighted by atomic mass is 10.1. The van der Waals surface area contributed by atoms with Crippen molar-refractivity contribution < 1.29 is 14.5 Å². The smallest absolute Gasteiger partial charge is 0.284 e. The van der Waals surface area contributed by atoms with Crippen molar-refractivity contribution in [3.05, 3.63) is 67.7 Å². The topological polar surface area (TPSA) is 114 Å². The molecule has 0 bridgehead atoms. The van der Waals surface area contributed by atoms with Crippen molar-refractivity contribution in [2.45, 2.75) is 20.3 Å². The minimum Gasteiger partial charge on any atom is -0.325 e. The average Bonchev–Trinajstić information content (AvgIpc) is 2.58. The Morgan fingerprint density at radius 3 is 2.59 bits per heavy atom. The van der Waals surface area contributed by atoms with Gasteiger partial charge in [-0.15, -0.1) is 0 Å². The lowest BCUT2D eigenvalue weighted by molar-refractivity contribution is -0.385. The van der Waals surface area contributed by atoms with Crippen molar-refractivity contribution in [2.24, 2.45) is 5.10 Å². The molecule has 0 aliphatic heterocycles. The van der Waals surface area contributed by atoms with Crippen LogP contribution in [-0.2, 0) is 9.59 Å². The molecule has 2 rings (SSSR count). The predicted molar refractivity (Wildman–Crippen MR) is 106 cm³/mol. The second-order valence-electron chi connectivity index (χ2n) is 5.80. The molecule has 0 aliphatic rings. The largest absolute Gasteiger partial charge is 0.325 e. The molecule has 0 aliphatic carbocycles. The van der Waals surface area contributed by atoms with Crippen LogP contribution in [0, 0.1) is 24.0 Å². The molecule has 27 heavy (non-hydrogen) atoms. The minimum atomic E-state index is -0.597. The Bertz CT molecular complexity index is 928. The molecule has 0 saturated heterocycles. The van der Waals surface area contributed by atoms with E-state index in [9.17, 15) is 19.7 Å². The summed E-state index contributed by atoms with van der Waals surface area (Å²) in [7, 11) is 0. The first-order chi connectivity index (χ1) is 12.8. The van der Waals surface area contributed by atoms with E-state index in [1.807, 2.05) is 26.0 Å². The number of benzene rings is 2. The SMILES string of the molecule is Cc1ccc(NC(=O)CC(=O)NN=Cc2ccc(Br)c([N+](=O)[O-])c2)c(C)c1. The van der Waals surface area contributed by atoms with Crippen LogP contribution in [0.2, 0.25) is 0 Å². The number of nitro groups is 1. The number of nitrogens with one attached hydrogen (secondary N) is 2. The molecule has 9 heteroatoms. The molecule has 2 aromatic carbocycles. The van der Waals surface area contributed by atoms with Crippen LogP contribution >= 0.6 is 15.9 Å². The first-order valence-corrected chi connectivity index (χ1v) is 8.68. The van der Waals surface area contributed by atoms with Gasteiger partial charge in [0, 0.05) is 17.3 Å². The molecule has 2 amide bonds. The molecule has 0 spiro atoms. The second kappa shape index (κ2) is 9.04. The minimum absolute atomic E-state index is 0.113. The fourth-order valence-electron chi connectivity index (χ4n) is 2.26. The van der Waals surface area contributed by atoms with Crippen LogP contribution in [0.5, 0.6) is 0 Å². The lowest BCUT2D eigenvalue weighted by Gasteiger charge is -2.08. The Labute approximate surface area is 163 Å². The number of halogens is 1. The summed E-state index contributed by atoms with van der Waals surface area (Å²) in [5.74, 6) is -1.06. The summed E-state index contributed by atoms with van der Waals surface area (Å²) in [6, 6.07) is 9.99. The second-order valence-corrected chi connectivity index (χ2v) is 6.66. The van der Waals surface area contributed by atoms with Gasteiger partial charge in [-0.05, 0) is 47.5 Å². The van der Waals surface area contributed by atoms with E-state index in [2.05, 4.69) is 31.8 Å². The molecule has 2 aromatic rings. The molecule has 2 N–H and O–H groups in total. The van der Waals surface area contributed by atoms with Gasteiger partial charge >= 0.3 is 0 Å². The molecule has 0 saturated carbocycles. The number of carbonyl (C=O) groups excluding carboxylic acids is 2. The van der Waals surface area contributed by atoms with E-state index in [0.29, 0.717) is 15.7 Å². The number of hydrogen-bond donors (Lipinski definition) is 2. The summed E-state index contributed by atoms with van der Waals surface area (Å²) in [4.78, 5) is 34.1. The molecule has 0 fully saturated rings.